The van der Waals surface area contributed by atoms with E-state index in [-0.39, 0.29) is 18.9 Å². The summed E-state index contributed by atoms with van der Waals surface area (Å²) in [5, 5.41) is 16.1. The molecule has 1 atom stereocenters. The SMILES string of the molecule is O=C(O)[C@@H]1CC(=O)N(Cc2cc(-c3ccccc3)n[nH]2)C1. The van der Waals surface area contributed by atoms with Crippen LogP contribution in [0, 0.1) is 5.92 Å². The Morgan fingerprint density at radius 1 is 1.38 bits per heavy atom. The Labute approximate surface area is 121 Å². The topological polar surface area (TPSA) is 86.3 Å². The normalized spacial score (nSPS) is 18.2. The largest absolute Gasteiger partial charge is 0.481 e. The molecule has 2 aromatic rings. The summed E-state index contributed by atoms with van der Waals surface area (Å²) in [6.07, 6.45) is 0.0784. The maximum atomic E-state index is 11.8. The van der Waals surface area contributed by atoms with Gasteiger partial charge in [-0.15, -0.1) is 0 Å². The molecule has 1 aliphatic heterocycles. The molecular weight excluding hydrogens is 270 g/mol. The lowest BCUT2D eigenvalue weighted by Gasteiger charge is -2.14. The van der Waals surface area contributed by atoms with Crippen LogP contribution in [-0.2, 0) is 16.1 Å². The van der Waals surface area contributed by atoms with Gasteiger partial charge in [-0.25, -0.2) is 0 Å². The molecule has 3 rings (SSSR count). The smallest absolute Gasteiger partial charge is 0.308 e. The third-order valence-corrected chi connectivity index (χ3v) is 3.63. The van der Waals surface area contributed by atoms with E-state index in [2.05, 4.69) is 10.2 Å². The molecule has 1 aromatic heterocycles. The van der Waals surface area contributed by atoms with E-state index in [1.165, 1.54) is 0 Å². The third kappa shape index (κ3) is 2.79. The van der Waals surface area contributed by atoms with Crippen molar-refractivity contribution in [1.29, 1.82) is 0 Å². The first kappa shape index (κ1) is 13.4. The number of carboxylic acids is 1. The predicted molar refractivity (Wildman–Crippen MR) is 75.2 cm³/mol. The van der Waals surface area contributed by atoms with Crippen LogP contribution in [0.5, 0.6) is 0 Å². The fraction of sp³-hybridized carbons (Fsp3) is 0.267. The quantitative estimate of drug-likeness (QED) is 0.891. The van der Waals surface area contributed by atoms with Crippen LogP contribution in [0.1, 0.15) is 12.1 Å². The average molecular weight is 285 g/mol. The van der Waals surface area contributed by atoms with E-state index in [4.69, 9.17) is 5.11 Å². The van der Waals surface area contributed by atoms with E-state index in [0.29, 0.717) is 6.54 Å². The number of aromatic amines is 1. The molecule has 1 fully saturated rings. The number of aromatic nitrogens is 2. The Balaban J connectivity index is 1.71. The van der Waals surface area contributed by atoms with Crippen molar-refractivity contribution in [3.63, 3.8) is 0 Å². The van der Waals surface area contributed by atoms with Crippen LogP contribution in [0.25, 0.3) is 11.3 Å². The Hall–Kier alpha value is -2.63. The van der Waals surface area contributed by atoms with Gasteiger partial charge in [-0.1, -0.05) is 30.3 Å². The van der Waals surface area contributed by atoms with Crippen LogP contribution >= 0.6 is 0 Å². The zero-order valence-corrected chi connectivity index (χ0v) is 11.3. The van der Waals surface area contributed by atoms with Gasteiger partial charge in [0.1, 0.15) is 0 Å². The zero-order valence-electron chi connectivity index (χ0n) is 11.3. The molecule has 0 unspecified atom stereocenters. The number of hydrogen-bond donors (Lipinski definition) is 2. The highest BCUT2D eigenvalue weighted by Gasteiger charge is 2.34. The van der Waals surface area contributed by atoms with Crippen molar-refractivity contribution < 1.29 is 14.7 Å². The van der Waals surface area contributed by atoms with E-state index in [9.17, 15) is 9.59 Å². The van der Waals surface area contributed by atoms with Crippen molar-refractivity contribution in [2.75, 3.05) is 6.54 Å². The molecule has 0 saturated carbocycles. The number of nitrogens with one attached hydrogen (secondary N) is 1. The predicted octanol–water partition coefficient (Wildman–Crippen LogP) is 1.51. The number of carboxylic acid groups (broad SMARTS) is 1. The van der Waals surface area contributed by atoms with Crippen LogP contribution in [-0.4, -0.2) is 38.6 Å². The van der Waals surface area contributed by atoms with Gasteiger partial charge in [0.15, 0.2) is 0 Å². The maximum absolute atomic E-state index is 11.8. The molecule has 1 aromatic carbocycles. The van der Waals surface area contributed by atoms with E-state index < -0.39 is 11.9 Å². The first-order chi connectivity index (χ1) is 10.1. The van der Waals surface area contributed by atoms with Crippen molar-refractivity contribution in [3.05, 3.63) is 42.1 Å². The maximum Gasteiger partial charge on any atom is 0.308 e. The molecule has 108 valence electrons. The lowest BCUT2D eigenvalue weighted by Crippen LogP contribution is -2.25. The highest BCUT2D eigenvalue weighted by molar-refractivity contribution is 5.86. The highest BCUT2D eigenvalue weighted by atomic mass is 16.4. The summed E-state index contributed by atoms with van der Waals surface area (Å²) >= 11 is 0. The molecule has 0 bridgehead atoms. The second-order valence-corrected chi connectivity index (χ2v) is 5.16. The molecule has 1 saturated heterocycles. The lowest BCUT2D eigenvalue weighted by atomic mass is 10.1. The number of rotatable bonds is 4. The van der Waals surface area contributed by atoms with Gasteiger partial charge in [-0.3, -0.25) is 14.7 Å². The summed E-state index contributed by atoms with van der Waals surface area (Å²) in [6.45, 7) is 0.621. The van der Waals surface area contributed by atoms with Gasteiger partial charge in [-0.2, -0.15) is 5.10 Å². The minimum Gasteiger partial charge on any atom is -0.481 e. The molecule has 0 aliphatic carbocycles. The first-order valence-corrected chi connectivity index (χ1v) is 6.74. The van der Waals surface area contributed by atoms with Crippen molar-refractivity contribution in [2.45, 2.75) is 13.0 Å². The van der Waals surface area contributed by atoms with Gasteiger partial charge in [0, 0.05) is 18.5 Å². The second-order valence-electron chi connectivity index (χ2n) is 5.16. The number of aliphatic carboxylic acids is 1. The van der Waals surface area contributed by atoms with Crippen molar-refractivity contribution in [2.24, 2.45) is 5.92 Å². The summed E-state index contributed by atoms with van der Waals surface area (Å²) in [5.74, 6) is -1.65. The zero-order chi connectivity index (χ0) is 14.8. The van der Waals surface area contributed by atoms with Crippen LogP contribution in [0.15, 0.2) is 36.4 Å². The molecule has 2 heterocycles. The highest BCUT2D eigenvalue weighted by Crippen LogP contribution is 2.22. The standard InChI is InChI=1S/C15H15N3O3/c19-14-6-11(15(20)21)8-18(14)9-12-7-13(17-16-12)10-4-2-1-3-5-10/h1-5,7,11H,6,8-9H2,(H,16,17)(H,20,21)/t11-/m1/s1. The number of benzene rings is 1. The minimum absolute atomic E-state index is 0.0784. The first-order valence-electron chi connectivity index (χ1n) is 6.74. The number of H-pyrrole nitrogens is 1. The van der Waals surface area contributed by atoms with Gasteiger partial charge in [0.2, 0.25) is 5.91 Å². The Morgan fingerprint density at radius 2 is 2.14 bits per heavy atom. The molecule has 1 aliphatic rings. The number of carbonyl (C=O) groups excluding carboxylic acids is 1. The molecule has 21 heavy (non-hydrogen) atoms. The fourth-order valence-electron chi connectivity index (χ4n) is 2.50. The van der Waals surface area contributed by atoms with E-state index >= 15 is 0 Å². The number of carbonyl (C=O) groups is 2. The Kier molecular flexibility index (Phi) is 3.43. The second kappa shape index (κ2) is 5.40. The van der Waals surface area contributed by atoms with Crippen LogP contribution in [0.2, 0.25) is 0 Å². The van der Waals surface area contributed by atoms with Gasteiger partial charge >= 0.3 is 5.97 Å². The molecule has 1 amide bonds. The molecule has 6 nitrogen and oxygen atoms in total. The van der Waals surface area contributed by atoms with Crippen molar-refractivity contribution in [1.82, 2.24) is 15.1 Å². The number of likely N-dealkylation sites (tertiary alicyclic amines) is 1. The Bertz CT molecular complexity index is 666. The molecule has 0 radical (unpaired) electrons. The average Bonchev–Trinajstić information content (AvgIpc) is 3.08. The van der Waals surface area contributed by atoms with Gasteiger partial charge < -0.3 is 10.0 Å². The lowest BCUT2D eigenvalue weighted by molar-refractivity contribution is -0.141. The summed E-state index contributed by atoms with van der Waals surface area (Å²) < 4.78 is 0. The van der Waals surface area contributed by atoms with Crippen LogP contribution in [0.3, 0.4) is 0 Å². The van der Waals surface area contributed by atoms with E-state index in [0.717, 1.165) is 17.0 Å². The van der Waals surface area contributed by atoms with Gasteiger partial charge in [0.25, 0.3) is 0 Å². The number of hydrogen-bond acceptors (Lipinski definition) is 3. The molecule has 6 heteroatoms. The summed E-state index contributed by atoms with van der Waals surface area (Å²) in [7, 11) is 0. The molecule has 2 N–H and O–H groups in total. The van der Waals surface area contributed by atoms with Crippen LogP contribution in [0.4, 0.5) is 0 Å². The van der Waals surface area contributed by atoms with Gasteiger partial charge in [-0.05, 0) is 6.07 Å². The third-order valence-electron chi connectivity index (χ3n) is 3.63. The minimum atomic E-state index is -0.916. The van der Waals surface area contributed by atoms with E-state index in [1.807, 2.05) is 36.4 Å². The van der Waals surface area contributed by atoms with Gasteiger partial charge in [0.05, 0.1) is 23.9 Å². The summed E-state index contributed by atoms with van der Waals surface area (Å²) in [6, 6.07) is 11.6. The summed E-state index contributed by atoms with van der Waals surface area (Å²) in [4.78, 5) is 24.3. The Morgan fingerprint density at radius 3 is 2.81 bits per heavy atom. The monoisotopic (exact) mass is 285 g/mol. The summed E-state index contributed by atoms with van der Waals surface area (Å²) in [5.41, 5.74) is 2.61. The van der Waals surface area contributed by atoms with Crippen molar-refractivity contribution >= 4 is 11.9 Å². The number of amides is 1. The van der Waals surface area contributed by atoms with Crippen LogP contribution < -0.4 is 0 Å². The molecule has 0 spiro atoms. The van der Waals surface area contributed by atoms with Crippen molar-refractivity contribution in [3.8, 4) is 11.3 Å². The molecular formula is C15H15N3O3. The number of nitrogens with zero attached hydrogens (tertiary/aromatic N) is 2. The fourth-order valence-corrected chi connectivity index (χ4v) is 2.50. The van der Waals surface area contributed by atoms with E-state index in [1.54, 1.807) is 4.90 Å².